The van der Waals surface area contributed by atoms with Gasteiger partial charge in [0.25, 0.3) is 0 Å². The highest BCUT2D eigenvalue weighted by molar-refractivity contribution is 7.16. The van der Waals surface area contributed by atoms with Gasteiger partial charge in [-0.15, -0.1) is 11.3 Å². The largest absolute Gasteiger partial charge is 0.392 e. The van der Waals surface area contributed by atoms with E-state index >= 15 is 0 Å². The smallest absolute Gasteiger partial charge is 0.0931 e. The van der Waals surface area contributed by atoms with Crippen LogP contribution >= 0.6 is 22.9 Å². The second kappa shape index (κ2) is 2.72. The van der Waals surface area contributed by atoms with E-state index in [4.69, 9.17) is 11.6 Å². The lowest BCUT2D eigenvalue weighted by Crippen LogP contribution is -2.20. The van der Waals surface area contributed by atoms with Crippen LogP contribution in [0.15, 0.2) is 12.1 Å². The third-order valence-corrected chi connectivity index (χ3v) is 4.10. The zero-order valence-corrected chi connectivity index (χ0v) is 8.45. The Hall–Kier alpha value is -0.0500. The highest BCUT2D eigenvalue weighted by atomic mass is 35.5. The van der Waals surface area contributed by atoms with Crippen molar-refractivity contribution in [1.82, 2.24) is 0 Å². The molecule has 0 aliphatic heterocycles. The number of hydrogen-bond donors (Lipinski definition) is 1. The van der Waals surface area contributed by atoms with E-state index in [1.165, 1.54) is 4.88 Å². The number of aliphatic hydroxyl groups is 1. The first kappa shape index (κ1) is 8.54. The van der Waals surface area contributed by atoms with Crippen molar-refractivity contribution in [3.63, 3.8) is 0 Å². The molecule has 0 radical (unpaired) electrons. The van der Waals surface area contributed by atoms with Crippen LogP contribution in [-0.2, 0) is 5.41 Å². The SMILES string of the molecule is CC(O)C1(c2ccc(Cl)s2)CC1. The summed E-state index contributed by atoms with van der Waals surface area (Å²) >= 11 is 7.43. The first-order chi connectivity index (χ1) is 5.65. The minimum absolute atomic E-state index is 0.0534. The first-order valence-corrected chi connectivity index (χ1v) is 5.28. The summed E-state index contributed by atoms with van der Waals surface area (Å²) in [6.45, 7) is 1.86. The molecule has 12 heavy (non-hydrogen) atoms. The Morgan fingerprint density at radius 1 is 1.58 bits per heavy atom. The fourth-order valence-electron chi connectivity index (χ4n) is 1.59. The van der Waals surface area contributed by atoms with Gasteiger partial charge in [-0.3, -0.25) is 0 Å². The van der Waals surface area contributed by atoms with Gasteiger partial charge in [0.1, 0.15) is 0 Å². The van der Waals surface area contributed by atoms with Gasteiger partial charge in [0.05, 0.1) is 10.4 Å². The van der Waals surface area contributed by atoms with Gasteiger partial charge < -0.3 is 5.11 Å². The molecule has 0 spiro atoms. The molecular formula is C9H11ClOS. The van der Waals surface area contributed by atoms with Crippen LogP contribution in [0.25, 0.3) is 0 Å². The number of thiophene rings is 1. The summed E-state index contributed by atoms with van der Waals surface area (Å²) in [7, 11) is 0. The Labute approximate surface area is 81.0 Å². The molecule has 3 heteroatoms. The van der Waals surface area contributed by atoms with E-state index in [2.05, 4.69) is 0 Å². The van der Waals surface area contributed by atoms with Crippen LogP contribution < -0.4 is 0 Å². The normalized spacial score (nSPS) is 22.2. The predicted octanol–water partition coefficient (Wildman–Crippen LogP) is 2.81. The molecule has 2 rings (SSSR count). The topological polar surface area (TPSA) is 20.2 Å². The molecule has 1 saturated carbocycles. The summed E-state index contributed by atoms with van der Waals surface area (Å²) < 4.78 is 0.817. The van der Waals surface area contributed by atoms with Crippen molar-refractivity contribution in [2.24, 2.45) is 0 Å². The molecule has 1 aliphatic rings. The average Bonchev–Trinajstić information content (AvgIpc) is 2.71. The van der Waals surface area contributed by atoms with E-state index in [1.807, 2.05) is 19.1 Å². The maximum atomic E-state index is 9.57. The predicted molar refractivity (Wildman–Crippen MR) is 51.9 cm³/mol. The van der Waals surface area contributed by atoms with Gasteiger partial charge in [-0.2, -0.15) is 0 Å². The van der Waals surface area contributed by atoms with E-state index in [-0.39, 0.29) is 11.5 Å². The van der Waals surface area contributed by atoms with Crippen molar-refractivity contribution in [2.75, 3.05) is 0 Å². The van der Waals surface area contributed by atoms with Gasteiger partial charge in [-0.1, -0.05) is 11.6 Å². The van der Waals surface area contributed by atoms with Gasteiger partial charge in [-0.25, -0.2) is 0 Å². The highest BCUT2D eigenvalue weighted by Crippen LogP contribution is 2.53. The van der Waals surface area contributed by atoms with Crippen molar-refractivity contribution >= 4 is 22.9 Å². The van der Waals surface area contributed by atoms with Crippen LogP contribution in [0, 0.1) is 0 Å². The number of rotatable bonds is 2. The highest BCUT2D eigenvalue weighted by Gasteiger charge is 2.49. The molecule has 1 aromatic rings. The summed E-state index contributed by atoms with van der Waals surface area (Å²) in [6.07, 6.45) is 1.95. The van der Waals surface area contributed by atoms with E-state index in [0.717, 1.165) is 17.2 Å². The van der Waals surface area contributed by atoms with E-state index in [1.54, 1.807) is 11.3 Å². The van der Waals surface area contributed by atoms with Crippen LogP contribution in [0.2, 0.25) is 4.34 Å². The summed E-state index contributed by atoms with van der Waals surface area (Å²) in [5.74, 6) is 0. The Morgan fingerprint density at radius 2 is 2.25 bits per heavy atom. The number of aliphatic hydroxyl groups excluding tert-OH is 1. The first-order valence-electron chi connectivity index (χ1n) is 4.09. The lowest BCUT2D eigenvalue weighted by atomic mass is 9.99. The van der Waals surface area contributed by atoms with E-state index < -0.39 is 0 Å². The molecule has 66 valence electrons. The van der Waals surface area contributed by atoms with Crippen LogP contribution in [-0.4, -0.2) is 11.2 Å². The molecular weight excluding hydrogens is 192 g/mol. The average molecular weight is 203 g/mol. The Morgan fingerprint density at radius 3 is 2.58 bits per heavy atom. The van der Waals surface area contributed by atoms with Gasteiger partial charge in [0.2, 0.25) is 0 Å². The minimum Gasteiger partial charge on any atom is -0.392 e. The summed E-state index contributed by atoms with van der Waals surface area (Å²) in [4.78, 5) is 1.24. The van der Waals surface area contributed by atoms with E-state index in [9.17, 15) is 5.11 Å². The quantitative estimate of drug-likeness (QED) is 0.782. The maximum Gasteiger partial charge on any atom is 0.0931 e. The van der Waals surface area contributed by atoms with Gasteiger partial charge in [0.15, 0.2) is 0 Å². The monoisotopic (exact) mass is 202 g/mol. The van der Waals surface area contributed by atoms with Crippen LogP contribution in [0.4, 0.5) is 0 Å². The molecule has 0 aromatic carbocycles. The summed E-state index contributed by atoms with van der Waals surface area (Å²) in [5.41, 5.74) is 0.0534. The molecule has 1 nitrogen and oxygen atoms in total. The lowest BCUT2D eigenvalue weighted by molar-refractivity contribution is 0.152. The van der Waals surface area contributed by atoms with Gasteiger partial charge in [-0.05, 0) is 31.9 Å². The standard InChI is InChI=1S/C9H11ClOS/c1-6(11)9(4-5-9)7-2-3-8(10)12-7/h2-3,6,11H,4-5H2,1H3. The zero-order valence-electron chi connectivity index (χ0n) is 6.88. The van der Waals surface area contributed by atoms with E-state index in [0.29, 0.717) is 0 Å². The molecule has 1 fully saturated rings. The Kier molecular flexibility index (Phi) is 1.94. The lowest BCUT2D eigenvalue weighted by Gasteiger charge is -2.15. The molecule has 1 aromatic heterocycles. The molecule has 1 aliphatic carbocycles. The van der Waals surface area contributed by atoms with Crippen LogP contribution in [0.5, 0.6) is 0 Å². The van der Waals surface area contributed by atoms with Gasteiger partial charge >= 0.3 is 0 Å². The van der Waals surface area contributed by atoms with Crippen molar-refractivity contribution in [2.45, 2.75) is 31.3 Å². The Bertz CT molecular complexity index is 288. The number of halogens is 1. The third kappa shape index (κ3) is 1.18. The molecule has 0 amide bonds. The summed E-state index contributed by atoms with van der Waals surface area (Å²) in [5, 5.41) is 9.57. The molecule has 1 atom stereocenters. The summed E-state index contributed by atoms with van der Waals surface area (Å²) in [6, 6.07) is 3.94. The minimum atomic E-state index is -0.243. The second-order valence-corrected chi connectivity index (χ2v) is 5.15. The molecule has 1 heterocycles. The molecule has 0 bridgehead atoms. The van der Waals surface area contributed by atoms with Crippen LogP contribution in [0.3, 0.4) is 0 Å². The van der Waals surface area contributed by atoms with Gasteiger partial charge in [0, 0.05) is 10.3 Å². The van der Waals surface area contributed by atoms with Crippen molar-refractivity contribution < 1.29 is 5.11 Å². The Balaban J connectivity index is 2.30. The van der Waals surface area contributed by atoms with Crippen molar-refractivity contribution in [1.29, 1.82) is 0 Å². The molecule has 0 saturated heterocycles. The van der Waals surface area contributed by atoms with Crippen LogP contribution in [0.1, 0.15) is 24.6 Å². The molecule has 1 unspecified atom stereocenters. The maximum absolute atomic E-state index is 9.57. The van der Waals surface area contributed by atoms with Crippen molar-refractivity contribution in [3.05, 3.63) is 21.3 Å². The zero-order chi connectivity index (χ0) is 8.77. The fourth-order valence-corrected chi connectivity index (χ4v) is 2.96. The van der Waals surface area contributed by atoms with Crippen molar-refractivity contribution in [3.8, 4) is 0 Å². The fraction of sp³-hybridized carbons (Fsp3) is 0.556. The third-order valence-electron chi connectivity index (χ3n) is 2.65. The number of hydrogen-bond acceptors (Lipinski definition) is 2. The molecule has 1 N–H and O–H groups in total. The second-order valence-electron chi connectivity index (χ2n) is 3.44.